The summed E-state index contributed by atoms with van der Waals surface area (Å²) in [6, 6.07) is 14.3. The van der Waals surface area contributed by atoms with Gasteiger partial charge in [0.25, 0.3) is 5.69 Å². The van der Waals surface area contributed by atoms with E-state index in [1.807, 2.05) is 6.07 Å². The minimum absolute atomic E-state index is 0.106. The number of Topliss-reactive ketones (excluding diaryl/α,β-unsaturated/α-hetero) is 1. The van der Waals surface area contributed by atoms with Crippen LogP contribution in [0.4, 0.5) is 5.69 Å². The number of hydrogen-bond donors (Lipinski definition) is 0. The van der Waals surface area contributed by atoms with E-state index in [2.05, 4.69) is 4.98 Å². The maximum absolute atomic E-state index is 12.6. The molecule has 0 saturated heterocycles. The number of hydrogen-bond acceptors (Lipinski definition) is 6. The number of halogens is 1. The van der Waals surface area contributed by atoms with Crippen molar-refractivity contribution in [2.24, 2.45) is 0 Å². The van der Waals surface area contributed by atoms with E-state index in [1.54, 1.807) is 29.6 Å². The first-order chi connectivity index (χ1) is 12.5. The standard InChI is InChI=1S/C18H10ClN3O3S/c19-13-6-4-11(5-7-13)16-10-26-18(21-16)15(9-20)17(23)12-2-1-3-14(8-12)22(24)25/h1-8,10,15H. The van der Waals surface area contributed by atoms with Crippen LogP contribution in [0, 0.1) is 21.4 Å². The maximum atomic E-state index is 12.6. The Hall–Kier alpha value is -3.08. The molecular formula is C18H10ClN3O3S. The average Bonchev–Trinajstić information content (AvgIpc) is 3.12. The summed E-state index contributed by atoms with van der Waals surface area (Å²) in [5.41, 5.74) is 1.35. The molecule has 0 aliphatic carbocycles. The Morgan fingerprint density at radius 2 is 2.00 bits per heavy atom. The van der Waals surface area contributed by atoms with Gasteiger partial charge in [-0.25, -0.2) is 4.98 Å². The molecule has 0 spiro atoms. The van der Waals surface area contributed by atoms with Gasteiger partial charge in [-0.1, -0.05) is 35.9 Å². The van der Waals surface area contributed by atoms with Crippen molar-refractivity contribution in [1.82, 2.24) is 4.98 Å². The Labute approximate surface area is 157 Å². The Morgan fingerprint density at radius 1 is 1.27 bits per heavy atom. The number of carbonyl (C=O) groups is 1. The topological polar surface area (TPSA) is 96.9 Å². The molecule has 0 saturated carbocycles. The highest BCUT2D eigenvalue weighted by Gasteiger charge is 2.26. The Balaban J connectivity index is 1.91. The van der Waals surface area contributed by atoms with Crippen LogP contribution in [0.1, 0.15) is 21.3 Å². The third kappa shape index (κ3) is 3.61. The van der Waals surface area contributed by atoms with Gasteiger partial charge >= 0.3 is 0 Å². The molecule has 128 valence electrons. The van der Waals surface area contributed by atoms with Gasteiger partial charge in [-0.2, -0.15) is 5.26 Å². The summed E-state index contributed by atoms with van der Waals surface area (Å²) < 4.78 is 0. The first-order valence-electron chi connectivity index (χ1n) is 7.39. The van der Waals surface area contributed by atoms with Gasteiger partial charge in [-0.05, 0) is 12.1 Å². The summed E-state index contributed by atoms with van der Waals surface area (Å²) in [4.78, 5) is 27.3. The van der Waals surface area contributed by atoms with Crippen LogP contribution in [-0.4, -0.2) is 15.7 Å². The number of non-ortho nitro benzene ring substituents is 1. The number of ketones is 1. The third-order valence-electron chi connectivity index (χ3n) is 3.64. The summed E-state index contributed by atoms with van der Waals surface area (Å²) in [6.07, 6.45) is 0. The molecule has 1 atom stereocenters. The molecule has 0 fully saturated rings. The second-order valence-electron chi connectivity index (χ2n) is 5.31. The van der Waals surface area contributed by atoms with Crippen molar-refractivity contribution in [3.05, 3.63) is 79.6 Å². The summed E-state index contributed by atoms with van der Waals surface area (Å²) in [5.74, 6) is -1.64. The molecule has 0 amide bonds. The number of nitro benzene ring substituents is 1. The first-order valence-corrected chi connectivity index (χ1v) is 8.65. The lowest BCUT2D eigenvalue weighted by Gasteiger charge is -2.05. The molecule has 0 aliphatic rings. The lowest BCUT2D eigenvalue weighted by atomic mass is 9.99. The zero-order valence-electron chi connectivity index (χ0n) is 13.1. The normalized spacial score (nSPS) is 11.5. The van der Waals surface area contributed by atoms with Crippen LogP contribution in [0.15, 0.2) is 53.9 Å². The molecule has 1 unspecified atom stereocenters. The van der Waals surface area contributed by atoms with E-state index in [0.29, 0.717) is 15.7 Å². The Morgan fingerprint density at radius 3 is 2.65 bits per heavy atom. The number of carbonyl (C=O) groups excluding carboxylic acids is 1. The van der Waals surface area contributed by atoms with E-state index >= 15 is 0 Å². The van der Waals surface area contributed by atoms with E-state index in [1.165, 1.54) is 35.6 Å². The van der Waals surface area contributed by atoms with Gasteiger partial charge in [0.05, 0.1) is 16.7 Å². The lowest BCUT2D eigenvalue weighted by Crippen LogP contribution is -2.11. The molecule has 6 nitrogen and oxygen atoms in total. The number of nitrogens with zero attached hydrogens (tertiary/aromatic N) is 3. The number of benzene rings is 2. The monoisotopic (exact) mass is 383 g/mol. The predicted molar refractivity (Wildman–Crippen MR) is 98.3 cm³/mol. The molecule has 8 heteroatoms. The molecule has 1 heterocycles. The number of aromatic nitrogens is 1. The summed E-state index contributed by atoms with van der Waals surface area (Å²) >= 11 is 7.06. The minimum Gasteiger partial charge on any atom is -0.292 e. The van der Waals surface area contributed by atoms with E-state index in [-0.39, 0.29) is 11.3 Å². The first kappa shape index (κ1) is 17.7. The molecule has 0 radical (unpaired) electrons. The Bertz CT molecular complexity index is 1020. The maximum Gasteiger partial charge on any atom is 0.270 e. The molecule has 0 N–H and O–H groups in total. The SMILES string of the molecule is N#CC(C(=O)c1cccc([N+](=O)[O-])c1)c1nc(-c2ccc(Cl)cc2)cs1. The summed E-state index contributed by atoms with van der Waals surface area (Å²) in [7, 11) is 0. The number of rotatable bonds is 5. The Kier molecular flexibility index (Phi) is 5.07. The quantitative estimate of drug-likeness (QED) is 0.356. The van der Waals surface area contributed by atoms with Crippen LogP contribution >= 0.6 is 22.9 Å². The van der Waals surface area contributed by atoms with Gasteiger partial charge in [-0.15, -0.1) is 11.3 Å². The summed E-state index contributed by atoms with van der Waals surface area (Å²) in [5, 5.41) is 23.0. The van der Waals surface area contributed by atoms with E-state index in [9.17, 15) is 20.2 Å². The van der Waals surface area contributed by atoms with Crippen LogP contribution in [0.5, 0.6) is 0 Å². The molecule has 0 aliphatic heterocycles. The largest absolute Gasteiger partial charge is 0.292 e. The van der Waals surface area contributed by atoms with Crippen molar-refractivity contribution in [3.63, 3.8) is 0 Å². The van der Waals surface area contributed by atoms with Gasteiger partial charge in [0.1, 0.15) is 5.01 Å². The number of nitro groups is 1. The van der Waals surface area contributed by atoms with Crippen LogP contribution in [0.25, 0.3) is 11.3 Å². The van der Waals surface area contributed by atoms with Gasteiger partial charge < -0.3 is 0 Å². The molecule has 3 aromatic rings. The highest BCUT2D eigenvalue weighted by atomic mass is 35.5. The molecule has 2 aromatic carbocycles. The minimum atomic E-state index is -1.12. The fraction of sp³-hybridized carbons (Fsp3) is 0.0556. The van der Waals surface area contributed by atoms with Crippen LogP contribution in [0.2, 0.25) is 5.02 Å². The predicted octanol–water partition coefficient (Wildman–Crippen LogP) is 4.86. The molecule has 3 rings (SSSR count). The smallest absolute Gasteiger partial charge is 0.270 e. The van der Waals surface area contributed by atoms with Crippen LogP contribution in [-0.2, 0) is 0 Å². The van der Waals surface area contributed by atoms with Gasteiger partial charge in [0.15, 0.2) is 11.7 Å². The van der Waals surface area contributed by atoms with E-state index in [0.717, 1.165) is 5.56 Å². The fourth-order valence-electron chi connectivity index (χ4n) is 2.34. The molecule has 0 bridgehead atoms. The second kappa shape index (κ2) is 7.44. The van der Waals surface area contributed by atoms with Crippen LogP contribution < -0.4 is 0 Å². The van der Waals surface area contributed by atoms with Crippen molar-refractivity contribution < 1.29 is 9.72 Å². The van der Waals surface area contributed by atoms with Crippen molar-refractivity contribution in [2.75, 3.05) is 0 Å². The molecule has 1 aromatic heterocycles. The van der Waals surface area contributed by atoms with Crippen LogP contribution in [0.3, 0.4) is 0 Å². The van der Waals surface area contributed by atoms with Crippen molar-refractivity contribution >= 4 is 34.4 Å². The zero-order valence-corrected chi connectivity index (χ0v) is 14.7. The molecular weight excluding hydrogens is 374 g/mol. The second-order valence-corrected chi connectivity index (χ2v) is 6.64. The summed E-state index contributed by atoms with van der Waals surface area (Å²) in [6.45, 7) is 0. The number of thiazole rings is 1. The van der Waals surface area contributed by atoms with E-state index in [4.69, 9.17) is 11.6 Å². The highest BCUT2D eigenvalue weighted by Crippen LogP contribution is 2.29. The van der Waals surface area contributed by atoms with Crippen molar-refractivity contribution in [2.45, 2.75) is 5.92 Å². The van der Waals surface area contributed by atoms with Crippen molar-refractivity contribution in [1.29, 1.82) is 5.26 Å². The van der Waals surface area contributed by atoms with Gasteiger partial charge in [0, 0.05) is 33.7 Å². The van der Waals surface area contributed by atoms with Gasteiger partial charge in [0.2, 0.25) is 0 Å². The zero-order chi connectivity index (χ0) is 18.7. The lowest BCUT2D eigenvalue weighted by molar-refractivity contribution is -0.384. The fourth-order valence-corrected chi connectivity index (χ4v) is 3.33. The van der Waals surface area contributed by atoms with Gasteiger partial charge in [-0.3, -0.25) is 14.9 Å². The molecule has 26 heavy (non-hydrogen) atoms. The third-order valence-corrected chi connectivity index (χ3v) is 4.80. The number of nitriles is 1. The average molecular weight is 384 g/mol. The highest BCUT2D eigenvalue weighted by molar-refractivity contribution is 7.10. The van der Waals surface area contributed by atoms with Crippen molar-refractivity contribution in [3.8, 4) is 17.3 Å². The van der Waals surface area contributed by atoms with E-state index < -0.39 is 16.6 Å².